The average Bonchev–Trinajstić information content (AvgIpc) is 2.70. The van der Waals surface area contributed by atoms with Crippen LogP contribution < -0.4 is 0 Å². The van der Waals surface area contributed by atoms with Crippen LogP contribution in [-0.4, -0.2) is 42.4 Å². The topological polar surface area (TPSA) is 38.8 Å². The molecule has 106 valence electrons. The molecule has 0 spiro atoms. The van der Waals surface area contributed by atoms with E-state index in [1.165, 1.54) is 0 Å². The smallest absolute Gasteiger partial charge is 0.410 e. The van der Waals surface area contributed by atoms with E-state index in [1.807, 2.05) is 25.7 Å². The fourth-order valence-corrected chi connectivity index (χ4v) is 2.04. The van der Waals surface area contributed by atoms with E-state index in [2.05, 4.69) is 6.92 Å². The van der Waals surface area contributed by atoms with Crippen LogP contribution in [0.5, 0.6) is 0 Å². The van der Waals surface area contributed by atoms with Gasteiger partial charge < -0.3 is 14.4 Å². The van der Waals surface area contributed by atoms with Crippen LogP contribution in [0.25, 0.3) is 0 Å². The first-order valence-electron chi connectivity index (χ1n) is 7.01. The Bertz CT molecular complexity index is 260. The summed E-state index contributed by atoms with van der Waals surface area (Å²) in [6.45, 7) is 10.0. The van der Waals surface area contributed by atoms with Gasteiger partial charge in [0.05, 0.1) is 12.6 Å². The van der Waals surface area contributed by atoms with Gasteiger partial charge in [0.2, 0.25) is 0 Å². The van der Waals surface area contributed by atoms with Crippen LogP contribution in [0.3, 0.4) is 0 Å². The summed E-state index contributed by atoms with van der Waals surface area (Å²) < 4.78 is 11.0. The number of hydrogen-bond donors (Lipinski definition) is 0. The predicted octanol–water partition coefficient (Wildman–Crippen LogP) is 3.20. The zero-order chi connectivity index (χ0) is 13.6. The summed E-state index contributed by atoms with van der Waals surface area (Å²) in [7, 11) is 0. The van der Waals surface area contributed by atoms with Crippen molar-refractivity contribution in [2.75, 3.05) is 19.8 Å². The second-order valence-corrected chi connectivity index (χ2v) is 5.90. The molecule has 0 aromatic carbocycles. The number of ether oxygens (including phenoxy) is 2. The van der Waals surface area contributed by atoms with Crippen molar-refractivity contribution in [3.05, 3.63) is 0 Å². The summed E-state index contributed by atoms with van der Waals surface area (Å²) in [6.07, 6.45) is 4.08. The Morgan fingerprint density at radius 3 is 2.72 bits per heavy atom. The minimum absolute atomic E-state index is 0.191. The Labute approximate surface area is 111 Å². The van der Waals surface area contributed by atoms with Crippen molar-refractivity contribution < 1.29 is 14.3 Å². The molecule has 1 atom stereocenters. The summed E-state index contributed by atoms with van der Waals surface area (Å²) in [5, 5.41) is 0. The number of unbranched alkanes of at least 4 members (excludes halogenated alkanes) is 1. The highest BCUT2D eigenvalue weighted by Crippen LogP contribution is 2.21. The normalized spacial score (nSPS) is 20.2. The maximum atomic E-state index is 12.0. The summed E-state index contributed by atoms with van der Waals surface area (Å²) in [5.41, 5.74) is -0.423. The molecule has 0 unspecified atom stereocenters. The molecule has 0 saturated carbocycles. The molecule has 1 heterocycles. The van der Waals surface area contributed by atoms with E-state index in [1.54, 1.807) is 0 Å². The predicted molar refractivity (Wildman–Crippen MR) is 71.7 cm³/mol. The number of amides is 1. The van der Waals surface area contributed by atoms with Crippen molar-refractivity contribution in [1.82, 2.24) is 4.90 Å². The summed E-state index contributed by atoms with van der Waals surface area (Å²) >= 11 is 0. The van der Waals surface area contributed by atoms with Crippen LogP contribution in [0.15, 0.2) is 0 Å². The van der Waals surface area contributed by atoms with Gasteiger partial charge in [0.15, 0.2) is 0 Å². The number of hydrogen-bond acceptors (Lipinski definition) is 3. The van der Waals surface area contributed by atoms with E-state index in [-0.39, 0.29) is 12.1 Å². The minimum Gasteiger partial charge on any atom is -0.444 e. The zero-order valence-corrected chi connectivity index (χ0v) is 12.2. The van der Waals surface area contributed by atoms with Crippen LogP contribution in [0.1, 0.15) is 53.4 Å². The molecule has 4 nitrogen and oxygen atoms in total. The first-order chi connectivity index (χ1) is 8.44. The molecule has 1 saturated heterocycles. The van der Waals surface area contributed by atoms with Crippen molar-refractivity contribution in [1.29, 1.82) is 0 Å². The highest BCUT2D eigenvalue weighted by atomic mass is 16.6. The number of rotatable bonds is 5. The van der Waals surface area contributed by atoms with Gasteiger partial charge in [0, 0.05) is 13.2 Å². The van der Waals surface area contributed by atoms with Crippen LogP contribution in [0, 0.1) is 0 Å². The number of likely N-dealkylation sites (tertiary alicyclic amines) is 1. The fourth-order valence-electron chi connectivity index (χ4n) is 2.04. The van der Waals surface area contributed by atoms with Crippen molar-refractivity contribution in [3.63, 3.8) is 0 Å². The lowest BCUT2D eigenvalue weighted by Gasteiger charge is -2.28. The van der Waals surface area contributed by atoms with Crippen LogP contribution in [-0.2, 0) is 9.47 Å². The minimum atomic E-state index is -0.423. The zero-order valence-electron chi connectivity index (χ0n) is 12.2. The highest BCUT2D eigenvalue weighted by molar-refractivity contribution is 5.68. The summed E-state index contributed by atoms with van der Waals surface area (Å²) in [6, 6.07) is 0.191. The molecule has 1 amide bonds. The van der Waals surface area contributed by atoms with E-state index in [4.69, 9.17) is 9.47 Å². The molecular formula is C14H27NO3. The quantitative estimate of drug-likeness (QED) is 0.710. The van der Waals surface area contributed by atoms with Gasteiger partial charge in [-0.3, -0.25) is 0 Å². The van der Waals surface area contributed by atoms with Gasteiger partial charge in [0.1, 0.15) is 5.60 Å². The first-order valence-corrected chi connectivity index (χ1v) is 7.01. The van der Waals surface area contributed by atoms with Gasteiger partial charge in [0.25, 0.3) is 0 Å². The molecule has 0 bridgehead atoms. The standard InChI is InChI=1S/C14H27NO3/c1-5-6-10-17-11-12-8-7-9-15(12)13(16)18-14(2,3)4/h12H,5-11H2,1-4H3/t12-/m0/s1. The van der Waals surface area contributed by atoms with Crippen molar-refractivity contribution in [3.8, 4) is 0 Å². The highest BCUT2D eigenvalue weighted by Gasteiger charge is 2.32. The lowest BCUT2D eigenvalue weighted by Crippen LogP contribution is -2.41. The molecule has 4 heteroatoms. The largest absolute Gasteiger partial charge is 0.444 e. The molecule has 0 aliphatic carbocycles. The Kier molecular flexibility index (Phi) is 5.93. The van der Waals surface area contributed by atoms with Crippen LogP contribution in [0.2, 0.25) is 0 Å². The van der Waals surface area contributed by atoms with E-state index >= 15 is 0 Å². The number of nitrogens with zero attached hydrogens (tertiary/aromatic N) is 1. The van der Waals surface area contributed by atoms with Gasteiger partial charge in [-0.15, -0.1) is 0 Å². The molecule has 0 radical (unpaired) electrons. The molecule has 1 aliphatic heterocycles. The molecular weight excluding hydrogens is 230 g/mol. The van der Waals surface area contributed by atoms with Crippen molar-refractivity contribution in [2.24, 2.45) is 0 Å². The lowest BCUT2D eigenvalue weighted by molar-refractivity contribution is 0.0104. The third-order valence-electron chi connectivity index (χ3n) is 2.96. The molecule has 1 aliphatic rings. The second kappa shape index (κ2) is 6.98. The van der Waals surface area contributed by atoms with Gasteiger partial charge in [-0.25, -0.2) is 4.79 Å². The third-order valence-corrected chi connectivity index (χ3v) is 2.96. The van der Waals surface area contributed by atoms with Crippen molar-refractivity contribution in [2.45, 2.75) is 65.0 Å². The Morgan fingerprint density at radius 2 is 2.11 bits per heavy atom. The van der Waals surface area contributed by atoms with E-state index in [0.717, 1.165) is 38.8 Å². The van der Waals surface area contributed by atoms with Gasteiger partial charge in [-0.1, -0.05) is 13.3 Å². The first kappa shape index (κ1) is 15.3. The second-order valence-electron chi connectivity index (χ2n) is 5.90. The van der Waals surface area contributed by atoms with E-state index < -0.39 is 5.60 Å². The van der Waals surface area contributed by atoms with Gasteiger partial charge in [-0.2, -0.15) is 0 Å². The molecule has 0 N–H and O–H groups in total. The van der Waals surface area contributed by atoms with Gasteiger partial charge >= 0.3 is 6.09 Å². The maximum Gasteiger partial charge on any atom is 0.410 e. The van der Waals surface area contributed by atoms with Crippen molar-refractivity contribution >= 4 is 6.09 Å². The third kappa shape index (κ3) is 5.25. The molecule has 0 aromatic heterocycles. The van der Waals surface area contributed by atoms with Crippen LogP contribution >= 0.6 is 0 Å². The van der Waals surface area contributed by atoms with E-state index in [9.17, 15) is 4.79 Å². The monoisotopic (exact) mass is 257 g/mol. The number of carbonyl (C=O) groups is 1. The van der Waals surface area contributed by atoms with E-state index in [0.29, 0.717) is 6.61 Å². The maximum absolute atomic E-state index is 12.0. The van der Waals surface area contributed by atoms with Crippen LogP contribution in [0.4, 0.5) is 4.79 Å². The molecule has 1 rings (SSSR count). The molecule has 0 aromatic rings. The molecule has 18 heavy (non-hydrogen) atoms. The Hall–Kier alpha value is -0.770. The SMILES string of the molecule is CCCCOC[C@@H]1CCCN1C(=O)OC(C)(C)C. The van der Waals surface area contributed by atoms with Gasteiger partial charge in [-0.05, 0) is 40.0 Å². The summed E-state index contributed by atoms with van der Waals surface area (Å²) in [5.74, 6) is 0. The molecule has 1 fully saturated rings. The Balaban J connectivity index is 2.36. The Morgan fingerprint density at radius 1 is 1.39 bits per heavy atom. The number of carbonyl (C=O) groups excluding carboxylic acids is 1. The fraction of sp³-hybridized carbons (Fsp3) is 0.929. The average molecular weight is 257 g/mol. The summed E-state index contributed by atoms with van der Waals surface area (Å²) in [4.78, 5) is 13.8. The lowest BCUT2D eigenvalue weighted by atomic mass is 10.2.